The molecule has 3 rings (SSSR count). The molecule has 0 bridgehead atoms. The van der Waals surface area contributed by atoms with Crippen LogP contribution in [0.4, 0.5) is 0 Å². The molecule has 2 aromatic rings. The van der Waals surface area contributed by atoms with Gasteiger partial charge in [0.2, 0.25) is 0 Å². The summed E-state index contributed by atoms with van der Waals surface area (Å²) in [5.74, 6) is 0.515. The third-order valence-electron chi connectivity index (χ3n) is 3.52. The molecule has 0 N–H and O–H groups in total. The summed E-state index contributed by atoms with van der Waals surface area (Å²) < 4.78 is 1.93. The van der Waals surface area contributed by atoms with Gasteiger partial charge in [-0.2, -0.15) is 5.26 Å². The van der Waals surface area contributed by atoms with Crippen molar-refractivity contribution in [1.82, 2.24) is 15.0 Å². The molecular weight excluding hydrogens is 236 g/mol. The minimum Gasteiger partial charge on any atom is -0.248 e. The molecule has 1 aliphatic carbocycles. The molecule has 1 aliphatic rings. The lowest BCUT2D eigenvalue weighted by atomic mass is 10.1. The van der Waals surface area contributed by atoms with Gasteiger partial charge in [-0.3, -0.25) is 0 Å². The highest BCUT2D eigenvalue weighted by Gasteiger charge is 2.31. The number of nitriles is 1. The van der Waals surface area contributed by atoms with Crippen molar-refractivity contribution >= 4 is 0 Å². The highest BCUT2D eigenvalue weighted by Crippen LogP contribution is 2.41. The number of rotatable bonds is 5. The van der Waals surface area contributed by atoms with Crippen LogP contribution >= 0.6 is 0 Å². The summed E-state index contributed by atoms with van der Waals surface area (Å²) in [6.07, 6.45) is 4.39. The number of aromatic nitrogens is 3. The molecule has 1 aromatic heterocycles. The van der Waals surface area contributed by atoms with Crippen molar-refractivity contribution in [2.45, 2.75) is 38.1 Å². The van der Waals surface area contributed by atoms with Crippen LogP contribution in [0.1, 0.15) is 42.1 Å². The van der Waals surface area contributed by atoms with Crippen molar-refractivity contribution in [3.63, 3.8) is 0 Å². The Labute approximate surface area is 112 Å². The first-order chi connectivity index (χ1) is 9.38. The van der Waals surface area contributed by atoms with Gasteiger partial charge in [-0.1, -0.05) is 35.5 Å². The Morgan fingerprint density at radius 1 is 1.26 bits per heavy atom. The lowest BCUT2D eigenvalue weighted by Gasteiger charge is -2.05. The maximum Gasteiger partial charge on any atom is 0.186 e. The van der Waals surface area contributed by atoms with Crippen molar-refractivity contribution in [1.29, 1.82) is 5.26 Å². The van der Waals surface area contributed by atoms with Gasteiger partial charge in [0, 0.05) is 12.5 Å². The molecule has 0 unspecified atom stereocenters. The number of benzene rings is 1. The summed E-state index contributed by atoms with van der Waals surface area (Å²) in [6.45, 7) is 0.843. The zero-order valence-corrected chi connectivity index (χ0v) is 10.8. The largest absolute Gasteiger partial charge is 0.248 e. The Bertz CT molecular complexity index is 590. The van der Waals surface area contributed by atoms with Crippen LogP contribution in [0.3, 0.4) is 0 Å². The predicted octanol–water partition coefficient (Wildman–Crippen LogP) is 2.66. The van der Waals surface area contributed by atoms with Crippen LogP contribution < -0.4 is 0 Å². The average Bonchev–Trinajstić information content (AvgIpc) is 3.21. The Balaban J connectivity index is 1.64. The molecule has 1 saturated carbocycles. The summed E-state index contributed by atoms with van der Waals surface area (Å²) in [4.78, 5) is 0. The minimum atomic E-state index is 0.515. The molecule has 0 radical (unpaired) electrons. The van der Waals surface area contributed by atoms with E-state index < -0.39 is 0 Å². The van der Waals surface area contributed by atoms with E-state index in [1.165, 1.54) is 18.4 Å². The molecule has 4 heteroatoms. The van der Waals surface area contributed by atoms with Gasteiger partial charge in [0.15, 0.2) is 5.69 Å². The predicted molar refractivity (Wildman–Crippen MR) is 71.5 cm³/mol. The summed E-state index contributed by atoms with van der Waals surface area (Å²) in [5.41, 5.74) is 2.91. The van der Waals surface area contributed by atoms with Crippen LogP contribution in [0.2, 0.25) is 0 Å². The monoisotopic (exact) mass is 252 g/mol. The lowest BCUT2D eigenvalue weighted by molar-refractivity contribution is 0.538. The summed E-state index contributed by atoms with van der Waals surface area (Å²) in [6, 6.07) is 12.6. The average molecular weight is 252 g/mol. The van der Waals surface area contributed by atoms with E-state index in [9.17, 15) is 0 Å². The van der Waals surface area contributed by atoms with Gasteiger partial charge in [0.05, 0.1) is 5.69 Å². The molecule has 0 amide bonds. The topological polar surface area (TPSA) is 54.5 Å². The third-order valence-corrected chi connectivity index (χ3v) is 3.52. The zero-order chi connectivity index (χ0) is 13.1. The van der Waals surface area contributed by atoms with Gasteiger partial charge < -0.3 is 0 Å². The number of aryl methyl sites for hydroxylation is 2. The lowest BCUT2D eigenvalue weighted by Crippen LogP contribution is -2.06. The summed E-state index contributed by atoms with van der Waals surface area (Å²) in [7, 11) is 0. The van der Waals surface area contributed by atoms with Crippen LogP contribution in [0, 0.1) is 11.3 Å². The van der Waals surface area contributed by atoms with E-state index >= 15 is 0 Å². The fraction of sp³-hybridized carbons (Fsp3) is 0.400. The van der Waals surface area contributed by atoms with Crippen molar-refractivity contribution in [3.8, 4) is 6.07 Å². The van der Waals surface area contributed by atoms with E-state index in [-0.39, 0.29) is 0 Å². The van der Waals surface area contributed by atoms with Crippen molar-refractivity contribution < 1.29 is 0 Å². The minimum absolute atomic E-state index is 0.515. The first-order valence-electron chi connectivity index (χ1n) is 6.76. The van der Waals surface area contributed by atoms with Crippen molar-refractivity contribution in [3.05, 3.63) is 47.3 Å². The second-order valence-electron chi connectivity index (χ2n) is 5.02. The highest BCUT2D eigenvalue weighted by atomic mass is 15.4. The number of nitrogens with zero attached hydrogens (tertiary/aromatic N) is 4. The molecule has 0 atom stereocenters. The zero-order valence-electron chi connectivity index (χ0n) is 10.8. The molecule has 19 heavy (non-hydrogen) atoms. The maximum atomic E-state index is 9.05. The van der Waals surface area contributed by atoms with E-state index in [0.29, 0.717) is 11.6 Å². The Kier molecular flexibility index (Phi) is 3.28. The molecule has 4 nitrogen and oxygen atoms in total. The second kappa shape index (κ2) is 5.23. The van der Waals surface area contributed by atoms with Gasteiger partial charge in [-0.15, -0.1) is 5.10 Å². The Morgan fingerprint density at radius 2 is 2.05 bits per heavy atom. The molecule has 1 heterocycles. The van der Waals surface area contributed by atoms with E-state index in [1.807, 2.05) is 10.7 Å². The van der Waals surface area contributed by atoms with Crippen molar-refractivity contribution in [2.75, 3.05) is 0 Å². The number of hydrogen-bond acceptors (Lipinski definition) is 3. The Morgan fingerprint density at radius 3 is 2.74 bits per heavy atom. The van der Waals surface area contributed by atoms with E-state index in [1.54, 1.807) is 0 Å². The van der Waals surface area contributed by atoms with Crippen LogP contribution in [-0.2, 0) is 13.0 Å². The van der Waals surface area contributed by atoms with Crippen LogP contribution in [0.15, 0.2) is 30.3 Å². The van der Waals surface area contributed by atoms with Gasteiger partial charge >= 0.3 is 0 Å². The summed E-state index contributed by atoms with van der Waals surface area (Å²) >= 11 is 0. The third kappa shape index (κ3) is 2.65. The normalized spacial score (nSPS) is 14.3. The van der Waals surface area contributed by atoms with Crippen LogP contribution in [0.5, 0.6) is 0 Å². The smallest absolute Gasteiger partial charge is 0.186 e. The van der Waals surface area contributed by atoms with Crippen LogP contribution in [-0.4, -0.2) is 15.0 Å². The van der Waals surface area contributed by atoms with Gasteiger partial charge in [-0.05, 0) is 31.2 Å². The molecule has 0 spiro atoms. The van der Waals surface area contributed by atoms with Gasteiger partial charge in [0.1, 0.15) is 6.07 Å². The first kappa shape index (κ1) is 11.9. The standard InChI is InChI=1S/C15H16N4/c16-11-14-15(13-8-9-13)19(18-17-14)10-4-7-12-5-2-1-3-6-12/h1-3,5-6,13H,4,7-10H2. The molecule has 1 fully saturated rings. The molecule has 0 saturated heterocycles. The maximum absolute atomic E-state index is 9.05. The van der Waals surface area contributed by atoms with Gasteiger partial charge in [-0.25, -0.2) is 4.68 Å². The first-order valence-corrected chi connectivity index (χ1v) is 6.76. The van der Waals surface area contributed by atoms with Gasteiger partial charge in [0.25, 0.3) is 0 Å². The molecule has 0 aliphatic heterocycles. The fourth-order valence-electron chi connectivity index (χ4n) is 2.40. The SMILES string of the molecule is N#Cc1nnn(CCCc2ccccc2)c1C1CC1. The molecule has 1 aromatic carbocycles. The molecular formula is C15H16N4. The van der Waals surface area contributed by atoms with Crippen LogP contribution in [0.25, 0.3) is 0 Å². The highest BCUT2D eigenvalue weighted by molar-refractivity contribution is 5.30. The number of hydrogen-bond donors (Lipinski definition) is 0. The summed E-state index contributed by atoms with van der Waals surface area (Å²) in [5, 5.41) is 17.1. The molecule has 96 valence electrons. The Hall–Kier alpha value is -2.15. The quantitative estimate of drug-likeness (QED) is 0.822. The van der Waals surface area contributed by atoms with E-state index in [4.69, 9.17) is 5.26 Å². The fourth-order valence-corrected chi connectivity index (χ4v) is 2.40. The van der Waals surface area contributed by atoms with Crippen molar-refractivity contribution in [2.24, 2.45) is 0 Å². The second-order valence-corrected chi connectivity index (χ2v) is 5.02. The van der Waals surface area contributed by atoms with E-state index in [0.717, 1.165) is 25.1 Å². The van der Waals surface area contributed by atoms with E-state index in [2.05, 4.69) is 40.6 Å².